The minimum Gasteiger partial charge on any atom is -0.462 e. The first-order valence-electron chi connectivity index (χ1n) is 21.7. The number of hydrogen-bond acceptors (Lipinski definition) is 5. The Balaban J connectivity index is 3.55. The third-order valence-corrected chi connectivity index (χ3v) is 9.39. The number of unbranched alkanes of at least 4 members (excludes halogenated alkanes) is 23. The number of carbonyl (C=O) groups excluding carboxylic acids is 2. The lowest BCUT2D eigenvalue weighted by Crippen LogP contribution is -2.28. The molecule has 0 saturated heterocycles. The van der Waals surface area contributed by atoms with Crippen molar-refractivity contribution in [1.29, 1.82) is 0 Å². The van der Waals surface area contributed by atoms with Gasteiger partial charge in [0.15, 0.2) is 6.10 Å². The molecule has 51 heavy (non-hydrogen) atoms. The van der Waals surface area contributed by atoms with Crippen LogP contribution < -0.4 is 0 Å². The Kier molecular flexibility index (Phi) is 40.5. The molecule has 0 saturated carbocycles. The van der Waals surface area contributed by atoms with E-state index in [-0.39, 0.29) is 25.2 Å². The molecule has 0 aliphatic rings. The summed E-state index contributed by atoms with van der Waals surface area (Å²) >= 11 is 0. The van der Waals surface area contributed by atoms with Gasteiger partial charge in [0.25, 0.3) is 0 Å². The smallest absolute Gasteiger partial charge is 0.306 e. The summed E-state index contributed by atoms with van der Waals surface area (Å²) in [7, 11) is 0. The molecule has 0 radical (unpaired) electrons. The van der Waals surface area contributed by atoms with Gasteiger partial charge in [-0.3, -0.25) is 9.59 Å². The summed E-state index contributed by atoms with van der Waals surface area (Å²) in [6.45, 7) is 4.03. The number of esters is 2. The highest BCUT2D eigenvalue weighted by Crippen LogP contribution is 2.15. The van der Waals surface area contributed by atoms with Crippen LogP contribution in [0.4, 0.5) is 0 Å². The zero-order valence-corrected chi connectivity index (χ0v) is 33.6. The Hall–Kier alpha value is -2.14. The highest BCUT2D eigenvalue weighted by molar-refractivity contribution is 5.70. The first kappa shape index (κ1) is 48.9. The molecular formula is C46H82O5. The van der Waals surface area contributed by atoms with Gasteiger partial charge in [-0.15, -0.1) is 0 Å². The number of rotatable bonds is 39. The summed E-state index contributed by atoms with van der Waals surface area (Å²) in [6.07, 6.45) is 53.2. The Labute approximate surface area is 316 Å². The molecule has 0 amide bonds. The van der Waals surface area contributed by atoms with Gasteiger partial charge in [0.2, 0.25) is 0 Å². The van der Waals surface area contributed by atoms with E-state index in [0.717, 1.165) is 70.6 Å². The molecule has 0 aliphatic carbocycles. The van der Waals surface area contributed by atoms with Crippen molar-refractivity contribution >= 4 is 11.9 Å². The number of allylic oxidation sites excluding steroid dienone is 8. The number of hydrogen-bond donors (Lipinski definition) is 1. The summed E-state index contributed by atoms with van der Waals surface area (Å²) in [5, 5.41) is 9.58. The fourth-order valence-corrected chi connectivity index (χ4v) is 6.13. The van der Waals surface area contributed by atoms with Gasteiger partial charge in [0, 0.05) is 12.8 Å². The van der Waals surface area contributed by atoms with Crippen LogP contribution in [-0.2, 0) is 19.1 Å². The first-order chi connectivity index (χ1) is 25.1. The van der Waals surface area contributed by atoms with Crippen molar-refractivity contribution in [2.45, 2.75) is 219 Å². The van der Waals surface area contributed by atoms with E-state index in [9.17, 15) is 14.7 Å². The van der Waals surface area contributed by atoms with Gasteiger partial charge < -0.3 is 14.6 Å². The quantitative estimate of drug-likeness (QED) is 0.0390. The number of ether oxygens (including phenoxy) is 2. The predicted molar refractivity (Wildman–Crippen MR) is 219 cm³/mol. The Morgan fingerprint density at radius 2 is 0.843 bits per heavy atom. The maximum Gasteiger partial charge on any atom is 0.306 e. The molecule has 0 aromatic heterocycles. The molecule has 1 atom stereocenters. The molecule has 0 bridgehead atoms. The molecule has 0 aliphatic heterocycles. The lowest BCUT2D eigenvalue weighted by molar-refractivity contribution is -0.161. The maximum absolute atomic E-state index is 12.2. The van der Waals surface area contributed by atoms with E-state index >= 15 is 0 Å². The van der Waals surface area contributed by atoms with Gasteiger partial charge in [0.05, 0.1) is 6.61 Å². The summed E-state index contributed by atoms with van der Waals surface area (Å²) in [4.78, 5) is 24.3. The van der Waals surface area contributed by atoms with Gasteiger partial charge in [-0.1, -0.05) is 197 Å². The van der Waals surface area contributed by atoms with Gasteiger partial charge in [-0.2, -0.15) is 0 Å². The van der Waals surface area contributed by atoms with Crippen molar-refractivity contribution in [2.24, 2.45) is 0 Å². The SMILES string of the molecule is CC/C=C\C/C=C\C/C=C\C/C=C\CCCCCCCCC(=O)OC(CO)COC(=O)CCCCCCCCCCCCCCCCCCCC. The number of aliphatic hydroxyl groups excluding tert-OH is 1. The third kappa shape index (κ3) is 40.5. The second-order valence-electron chi connectivity index (χ2n) is 14.4. The molecule has 1 unspecified atom stereocenters. The van der Waals surface area contributed by atoms with Crippen LogP contribution in [0.5, 0.6) is 0 Å². The molecule has 0 aromatic rings. The normalized spacial score (nSPS) is 12.6. The molecule has 0 fully saturated rings. The zero-order valence-electron chi connectivity index (χ0n) is 33.6. The van der Waals surface area contributed by atoms with Crippen LogP contribution >= 0.6 is 0 Å². The van der Waals surface area contributed by atoms with E-state index < -0.39 is 6.10 Å². The summed E-state index contributed by atoms with van der Waals surface area (Å²) in [5.74, 6) is -0.601. The van der Waals surface area contributed by atoms with Crippen molar-refractivity contribution in [3.05, 3.63) is 48.6 Å². The third-order valence-electron chi connectivity index (χ3n) is 9.39. The van der Waals surface area contributed by atoms with E-state index in [0.29, 0.717) is 12.8 Å². The summed E-state index contributed by atoms with van der Waals surface area (Å²) in [6, 6.07) is 0. The molecular weight excluding hydrogens is 633 g/mol. The molecule has 0 spiro atoms. The molecule has 296 valence electrons. The predicted octanol–water partition coefficient (Wildman–Crippen LogP) is 13.8. The second-order valence-corrected chi connectivity index (χ2v) is 14.4. The molecule has 5 nitrogen and oxygen atoms in total. The minimum absolute atomic E-state index is 0.0700. The fourth-order valence-electron chi connectivity index (χ4n) is 6.13. The lowest BCUT2D eigenvalue weighted by atomic mass is 10.0. The molecule has 1 N–H and O–H groups in total. The van der Waals surface area contributed by atoms with Crippen molar-refractivity contribution in [2.75, 3.05) is 13.2 Å². The molecule has 5 heteroatoms. The lowest BCUT2D eigenvalue weighted by Gasteiger charge is -2.15. The van der Waals surface area contributed by atoms with Gasteiger partial charge in [-0.25, -0.2) is 0 Å². The Morgan fingerprint density at radius 3 is 1.27 bits per heavy atom. The average Bonchev–Trinajstić information content (AvgIpc) is 3.13. The number of carbonyl (C=O) groups is 2. The van der Waals surface area contributed by atoms with Crippen molar-refractivity contribution < 1.29 is 24.2 Å². The monoisotopic (exact) mass is 715 g/mol. The van der Waals surface area contributed by atoms with Crippen molar-refractivity contribution in [3.8, 4) is 0 Å². The standard InChI is InChI=1S/C46H82O5/c1-3-5-7-9-11-13-15-17-19-21-23-25-27-29-31-33-35-37-39-41-46(49)51-44(42-47)43-50-45(48)40-38-36-34-32-30-28-26-24-22-20-18-16-14-12-10-8-6-4-2/h5,7,11,13,17,19,23,25,44,47H,3-4,6,8-10,12,14-16,18,20-22,24,26-43H2,1-2H3/b7-5-,13-11-,19-17-,25-23-. The van der Waals surface area contributed by atoms with Gasteiger partial charge >= 0.3 is 11.9 Å². The highest BCUT2D eigenvalue weighted by atomic mass is 16.6. The van der Waals surface area contributed by atoms with Crippen LogP contribution in [0.2, 0.25) is 0 Å². The van der Waals surface area contributed by atoms with Crippen LogP contribution in [-0.4, -0.2) is 36.4 Å². The van der Waals surface area contributed by atoms with Crippen LogP contribution in [0.3, 0.4) is 0 Å². The Morgan fingerprint density at radius 1 is 0.471 bits per heavy atom. The number of aliphatic hydroxyl groups is 1. The van der Waals surface area contributed by atoms with Crippen LogP contribution in [0.25, 0.3) is 0 Å². The second kappa shape index (κ2) is 42.3. The summed E-state index contributed by atoms with van der Waals surface area (Å²) in [5.41, 5.74) is 0. The van der Waals surface area contributed by atoms with Gasteiger partial charge in [-0.05, 0) is 51.4 Å². The molecule has 0 rings (SSSR count). The van der Waals surface area contributed by atoms with E-state index in [1.54, 1.807) is 0 Å². The summed E-state index contributed by atoms with van der Waals surface area (Å²) < 4.78 is 10.6. The van der Waals surface area contributed by atoms with Crippen molar-refractivity contribution in [3.63, 3.8) is 0 Å². The van der Waals surface area contributed by atoms with Gasteiger partial charge in [0.1, 0.15) is 6.61 Å². The average molecular weight is 715 g/mol. The van der Waals surface area contributed by atoms with E-state index in [1.807, 2.05) is 0 Å². The maximum atomic E-state index is 12.2. The highest BCUT2D eigenvalue weighted by Gasteiger charge is 2.16. The van der Waals surface area contributed by atoms with E-state index in [2.05, 4.69) is 62.5 Å². The van der Waals surface area contributed by atoms with Crippen molar-refractivity contribution in [1.82, 2.24) is 0 Å². The Bertz CT molecular complexity index is 858. The fraction of sp³-hybridized carbons (Fsp3) is 0.783. The zero-order chi connectivity index (χ0) is 37.1. The molecule has 0 aromatic carbocycles. The minimum atomic E-state index is -0.778. The van der Waals surface area contributed by atoms with Crippen LogP contribution in [0.1, 0.15) is 213 Å². The largest absolute Gasteiger partial charge is 0.462 e. The van der Waals surface area contributed by atoms with Crippen LogP contribution in [0, 0.1) is 0 Å². The topological polar surface area (TPSA) is 72.8 Å². The molecule has 0 heterocycles. The van der Waals surface area contributed by atoms with E-state index in [1.165, 1.54) is 116 Å². The first-order valence-corrected chi connectivity index (χ1v) is 21.7. The van der Waals surface area contributed by atoms with Crippen LogP contribution in [0.15, 0.2) is 48.6 Å². The van der Waals surface area contributed by atoms with E-state index in [4.69, 9.17) is 9.47 Å².